The summed E-state index contributed by atoms with van der Waals surface area (Å²) in [5.74, 6) is 0.570. The fraction of sp³-hybridized carbons (Fsp3) is 0.682. The standard InChI is InChI=1S/C22H35NO6/c1-22(26,16-29-18-8-3-2-4-9-18)13-12-19-17(10-11-20(19)23-27)7-5-6-14-28-15-21(24)25/h2-4,8-9,17,19-20,23,26-27H,5-7,10-16H2,1H3,(H,24,25)/t17-,19+,20?,22?/m0/s1. The Labute approximate surface area is 173 Å². The highest BCUT2D eigenvalue weighted by molar-refractivity contribution is 5.67. The zero-order chi connectivity index (χ0) is 21.1. The molecule has 2 unspecified atom stereocenters. The van der Waals surface area contributed by atoms with Gasteiger partial charge in [-0.2, -0.15) is 0 Å². The number of carboxylic acids is 1. The Morgan fingerprint density at radius 1 is 1.21 bits per heavy atom. The molecule has 0 aromatic heterocycles. The minimum absolute atomic E-state index is 0.0501. The summed E-state index contributed by atoms with van der Waals surface area (Å²) in [7, 11) is 0. The molecule has 1 saturated carbocycles. The maximum atomic E-state index is 10.7. The normalized spacial score (nSPS) is 23.6. The van der Waals surface area contributed by atoms with Crippen molar-refractivity contribution in [3.63, 3.8) is 0 Å². The summed E-state index contributed by atoms with van der Waals surface area (Å²) in [4.78, 5) is 10.4. The first kappa shape index (κ1) is 23.6. The molecule has 164 valence electrons. The third-order valence-corrected chi connectivity index (χ3v) is 5.78. The van der Waals surface area contributed by atoms with Gasteiger partial charge in [0.1, 0.15) is 19.0 Å². The molecule has 2 rings (SSSR count). The fourth-order valence-electron chi connectivity index (χ4n) is 4.18. The second-order valence-electron chi connectivity index (χ2n) is 8.32. The SMILES string of the molecule is CC(O)(CC[C@H]1C(NO)CC[C@@H]1CCCCOCC(=O)O)COc1ccccc1. The van der Waals surface area contributed by atoms with Crippen LogP contribution in [-0.2, 0) is 9.53 Å². The van der Waals surface area contributed by atoms with Crippen LogP contribution in [0.4, 0.5) is 0 Å². The van der Waals surface area contributed by atoms with Crippen molar-refractivity contribution in [2.75, 3.05) is 19.8 Å². The molecule has 0 spiro atoms. The van der Waals surface area contributed by atoms with Gasteiger partial charge in [0.2, 0.25) is 0 Å². The van der Waals surface area contributed by atoms with Gasteiger partial charge in [-0.1, -0.05) is 31.0 Å². The van der Waals surface area contributed by atoms with Gasteiger partial charge in [-0.05, 0) is 63.0 Å². The lowest BCUT2D eigenvalue weighted by Crippen LogP contribution is -2.36. The molecule has 0 saturated heterocycles. The number of carbonyl (C=O) groups is 1. The second-order valence-corrected chi connectivity index (χ2v) is 8.32. The molecule has 0 radical (unpaired) electrons. The molecule has 0 amide bonds. The molecule has 1 aromatic carbocycles. The van der Waals surface area contributed by atoms with Crippen LogP contribution in [0.5, 0.6) is 5.75 Å². The van der Waals surface area contributed by atoms with Crippen LogP contribution in [0.3, 0.4) is 0 Å². The van der Waals surface area contributed by atoms with E-state index in [1.165, 1.54) is 0 Å². The number of aliphatic carboxylic acids is 1. The summed E-state index contributed by atoms with van der Waals surface area (Å²) >= 11 is 0. The first-order valence-corrected chi connectivity index (χ1v) is 10.5. The topological polar surface area (TPSA) is 108 Å². The molecule has 29 heavy (non-hydrogen) atoms. The molecule has 0 bridgehead atoms. The van der Waals surface area contributed by atoms with Crippen molar-refractivity contribution < 1.29 is 29.7 Å². The van der Waals surface area contributed by atoms with E-state index in [2.05, 4.69) is 5.48 Å². The number of aliphatic hydroxyl groups is 1. The lowest BCUT2D eigenvalue weighted by Gasteiger charge is -2.29. The van der Waals surface area contributed by atoms with E-state index in [9.17, 15) is 15.1 Å². The van der Waals surface area contributed by atoms with Gasteiger partial charge in [-0.15, -0.1) is 0 Å². The molecule has 0 heterocycles. The third kappa shape index (κ3) is 8.70. The number of nitrogens with one attached hydrogen (secondary N) is 1. The van der Waals surface area contributed by atoms with E-state index in [0.29, 0.717) is 24.9 Å². The van der Waals surface area contributed by atoms with Gasteiger partial charge in [0, 0.05) is 12.6 Å². The van der Waals surface area contributed by atoms with Crippen LogP contribution in [0, 0.1) is 11.8 Å². The van der Waals surface area contributed by atoms with E-state index in [4.69, 9.17) is 14.6 Å². The van der Waals surface area contributed by atoms with E-state index < -0.39 is 11.6 Å². The smallest absolute Gasteiger partial charge is 0.329 e. The number of carboxylic acid groups (broad SMARTS) is 1. The Hall–Kier alpha value is -1.67. The number of benzene rings is 1. The molecule has 4 N–H and O–H groups in total. The summed E-state index contributed by atoms with van der Waals surface area (Å²) in [6.07, 6.45) is 6.18. The van der Waals surface area contributed by atoms with Crippen molar-refractivity contribution in [3.05, 3.63) is 30.3 Å². The lowest BCUT2D eigenvalue weighted by atomic mass is 9.83. The van der Waals surface area contributed by atoms with Crippen LogP contribution in [-0.4, -0.2) is 52.9 Å². The molecular weight excluding hydrogens is 374 g/mol. The highest BCUT2D eigenvalue weighted by atomic mass is 16.5. The third-order valence-electron chi connectivity index (χ3n) is 5.78. The summed E-state index contributed by atoms with van der Waals surface area (Å²) < 4.78 is 10.8. The van der Waals surface area contributed by atoms with E-state index in [1.807, 2.05) is 30.3 Å². The summed E-state index contributed by atoms with van der Waals surface area (Å²) in [5.41, 5.74) is 1.52. The fourth-order valence-corrected chi connectivity index (χ4v) is 4.18. The number of ether oxygens (including phenoxy) is 2. The van der Waals surface area contributed by atoms with Crippen molar-refractivity contribution in [1.82, 2.24) is 5.48 Å². The van der Waals surface area contributed by atoms with E-state index in [0.717, 1.165) is 44.3 Å². The van der Waals surface area contributed by atoms with Gasteiger partial charge in [-0.3, -0.25) is 0 Å². The van der Waals surface area contributed by atoms with Crippen molar-refractivity contribution in [2.45, 2.75) is 63.5 Å². The number of hydrogen-bond donors (Lipinski definition) is 4. The Kier molecular flexibility index (Phi) is 9.87. The van der Waals surface area contributed by atoms with Crippen LogP contribution < -0.4 is 10.2 Å². The van der Waals surface area contributed by atoms with Gasteiger partial charge in [0.25, 0.3) is 0 Å². The van der Waals surface area contributed by atoms with E-state index in [1.54, 1.807) is 6.92 Å². The van der Waals surface area contributed by atoms with Crippen LogP contribution in [0.25, 0.3) is 0 Å². The monoisotopic (exact) mass is 409 g/mol. The molecule has 1 aliphatic carbocycles. The van der Waals surface area contributed by atoms with Gasteiger partial charge in [0.05, 0.1) is 5.60 Å². The van der Waals surface area contributed by atoms with Crippen LogP contribution >= 0.6 is 0 Å². The molecular formula is C22H35NO6. The van der Waals surface area contributed by atoms with E-state index in [-0.39, 0.29) is 19.3 Å². The highest BCUT2D eigenvalue weighted by Gasteiger charge is 2.36. The molecule has 7 nitrogen and oxygen atoms in total. The molecule has 4 atom stereocenters. The largest absolute Gasteiger partial charge is 0.491 e. The lowest BCUT2D eigenvalue weighted by molar-refractivity contribution is -0.142. The molecule has 1 aliphatic rings. The van der Waals surface area contributed by atoms with Crippen molar-refractivity contribution in [1.29, 1.82) is 0 Å². The van der Waals surface area contributed by atoms with Gasteiger partial charge >= 0.3 is 5.97 Å². The van der Waals surface area contributed by atoms with Crippen molar-refractivity contribution in [2.24, 2.45) is 11.8 Å². The number of unbranched alkanes of at least 4 members (excludes halogenated alkanes) is 1. The molecule has 0 aliphatic heterocycles. The van der Waals surface area contributed by atoms with Crippen molar-refractivity contribution >= 4 is 5.97 Å². The number of para-hydroxylation sites is 1. The van der Waals surface area contributed by atoms with Crippen LogP contribution in [0.2, 0.25) is 0 Å². The van der Waals surface area contributed by atoms with Crippen molar-refractivity contribution in [3.8, 4) is 5.75 Å². The molecule has 1 aromatic rings. The molecule has 1 fully saturated rings. The highest BCUT2D eigenvalue weighted by Crippen LogP contribution is 2.39. The minimum atomic E-state index is -0.944. The zero-order valence-corrected chi connectivity index (χ0v) is 17.3. The van der Waals surface area contributed by atoms with Gasteiger partial charge < -0.3 is 24.9 Å². The first-order valence-electron chi connectivity index (χ1n) is 10.5. The molecule has 7 heteroatoms. The second kappa shape index (κ2) is 12.1. The van der Waals surface area contributed by atoms with Crippen LogP contribution in [0.1, 0.15) is 51.9 Å². The Bertz CT molecular complexity index is 594. The van der Waals surface area contributed by atoms with Gasteiger partial charge in [-0.25, -0.2) is 10.3 Å². The van der Waals surface area contributed by atoms with Gasteiger partial charge in [0.15, 0.2) is 0 Å². The average molecular weight is 410 g/mol. The Morgan fingerprint density at radius 2 is 1.97 bits per heavy atom. The van der Waals surface area contributed by atoms with Crippen LogP contribution in [0.15, 0.2) is 30.3 Å². The number of hydroxylamine groups is 1. The maximum absolute atomic E-state index is 10.7. The predicted octanol–water partition coefficient (Wildman–Crippen LogP) is 3.24. The van der Waals surface area contributed by atoms with E-state index >= 15 is 0 Å². The summed E-state index contributed by atoms with van der Waals surface area (Å²) in [6.45, 7) is 2.23. The zero-order valence-electron chi connectivity index (χ0n) is 17.3. The quantitative estimate of drug-likeness (QED) is 0.276. The number of rotatable bonds is 14. The maximum Gasteiger partial charge on any atom is 0.329 e. The predicted molar refractivity (Wildman–Crippen MR) is 109 cm³/mol. The number of hydrogen-bond acceptors (Lipinski definition) is 6. The Morgan fingerprint density at radius 3 is 2.66 bits per heavy atom. The average Bonchev–Trinajstić information content (AvgIpc) is 3.10. The summed E-state index contributed by atoms with van der Waals surface area (Å²) in [6, 6.07) is 9.51. The minimum Gasteiger partial charge on any atom is -0.491 e. The Balaban J connectivity index is 1.74. The first-order chi connectivity index (χ1) is 13.9. The summed E-state index contributed by atoms with van der Waals surface area (Å²) in [5, 5.41) is 28.8.